The number of alkyl halides is 3. The van der Waals surface area contributed by atoms with E-state index >= 15 is 0 Å². The van der Waals surface area contributed by atoms with E-state index in [1.807, 2.05) is 6.07 Å². The van der Waals surface area contributed by atoms with Crippen LogP contribution in [0, 0.1) is 11.8 Å². The van der Waals surface area contributed by atoms with Crippen LogP contribution in [0.2, 0.25) is 5.02 Å². The molecule has 0 saturated heterocycles. The van der Waals surface area contributed by atoms with Gasteiger partial charge in [-0.05, 0) is 67.2 Å². The average molecular weight is 560 g/mol. The first-order valence-corrected chi connectivity index (χ1v) is 13.0. The lowest BCUT2D eigenvalue weighted by molar-refractivity contribution is -0.160. The smallest absolute Gasteiger partial charge is 0.368 e. The first kappa shape index (κ1) is 28.7. The summed E-state index contributed by atoms with van der Waals surface area (Å²) < 4.78 is 39.5. The van der Waals surface area contributed by atoms with E-state index in [1.165, 1.54) is 12.2 Å². The van der Waals surface area contributed by atoms with E-state index in [9.17, 15) is 28.2 Å². The van der Waals surface area contributed by atoms with Crippen LogP contribution >= 0.6 is 11.6 Å². The molecule has 2 atom stereocenters. The quantitative estimate of drug-likeness (QED) is 0.279. The molecule has 1 aliphatic carbocycles. The second kappa shape index (κ2) is 12.3. The number of benzene rings is 2. The number of nitrogens with zero attached hydrogens (tertiary/aromatic N) is 2. The van der Waals surface area contributed by atoms with Crippen molar-refractivity contribution in [3.05, 3.63) is 88.2 Å². The predicted molar refractivity (Wildman–Crippen MR) is 144 cm³/mol. The van der Waals surface area contributed by atoms with Gasteiger partial charge in [-0.2, -0.15) is 13.2 Å². The van der Waals surface area contributed by atoms with Gasteiger partial charge in [0, 0.05) is 23.0 Å². The molecule has 10 heteroatoms. The number of rotatable bonds is 9. The Balaban J connectivity index is 1.60. The van der Waals surface area contributed by atoms with Crippen molar-refractivity contribution in [2.24, 2.45) is 11.8 Å². The Morgan fingerprint density at radius 1 is 1.15 bits per heavy atom. The topological polar surface area (TPSA) is 95.3 Å². The molecule has 3 N–H and O–H groups in total. The number of amides is 1. The predicted octanol–water partition coefficient (Wildman–Crippen LogP) is 6.00. The first-order valence-electron chi connectivity index (χ1n) is 12.7. The summed E-state index contributed by atoms with van der Waals surface area (Å²) in [5.74, 6) is -2.19. The van der Waals surface area contributed by atoms with Gasteiger partial charge in [-0.25, -0.2) is 9.97 Å². The number of fused-ring (bicyclic) bond motifs is 1. The van der Waals surface area contributed by atoms with Crippen LogP contribution in [0.1, 0.15) is 53.5 Å². The van der Waals surface area contributed by atoms with Gasteiger partial charge in [-0.1, -0.05) is 48.9 Å². The molecule has 39 heavy (non-hydrogen) atoms. The number of hydrogen-bond acceptors (Lipinski definition) is 5. The Hall–Kier alpha value is -3.27. The van der Waals surface area contributed by atoms with Gasteiger partial charge >= 0.3 is 6.18 Å². The molecule has 1 heterocycles. The van der Waals surface area contributed by atoms with Crippen molar-refractivity contribution in [2.75, 3.05) is 0 Å². The maximum Gasteiger partial charge on any atom is 0.395 e. The zero-order valence-corrected chi connectivity index (χ0v) is 22.0. The normalized spacial score (nSPS) is 16.4. The third-order valence-electron chi connectivity index (χ3n) is 6.72. The highest BCUT2D eigenvalue weighted by Crippen LogP contribution is 2.35. The average Bonchev–Trinajstić information content (AvgIpc) is 2.90. The van der Waals surface area contributed by atoms with Crippen molar-refractivity contribution in [1.29, 1.82) is 0 Å². The summed E-state index contributed by atoms with van der Waals surface area (Å²) in [7, 11) is 0. The molecule has 4 rings (SSSR count). The molecule has 2 unspecified atom stereocenters. The summed E-state index contributed by atoms with van der Waals surface area (Å²) in [5, 5.41) is 22.2. The number of hydrogen-bond donors (Lipinski definition) is 3. The lowest BCUT2D eigenvalue weighted by Gasteiger charge is -2.20. The van der Waals surface area contributed by atoms with Gasteiger partial charge in [0.2, 0.25) is 0 Å². The third kappa shape index (κ3) is 7.44. The number of aromatic nitrogens is 2. The van der Waals surface area contributed by atoms with E-state index in [4.69, 9.17) is 21.6 Å². The number of allylic oxidation sites excluding steroid dienone is 4. The highest BCUT2D eigenvalue weighted by Gasteiger charge is 2.38. The fourth-order valence-electron chi connectivity index (χ4n) is 4.35. The van der Waals surface area contributed by atoms with E-state index < -0.39 is 18.4 Å². The summed E-state index contributed by atoms with van der Waals surface area (Å²) >= 11 is 6.01. The van der Waals surface area contributed by atoms with Gasteiger partial charge in [0.25, 0.3) is 5.91 Å². The van der Waals surface area contributed by atoms with Crippen LogP contribution in [-0.2, 0) is 13.0 Å². The zero-order valence-electron chi connectivity index (χ0n) is 21.3. The fraction of sp³-hybridized carbons (Fsp3) is 0.345. The number of halogens is 4. The van der Waals surface area contributed by atoms with Gasteiger partial charge in [0.05, 0.1) is 28.3 Å². The summed E-state index contributed by atoms with van der Waals surface area (Å²) in [5.41, 5.74) is 3.83. The molecule has 1 aliphatic rings. The van der Waals surface area contributed by atoms with Crippen LogP contribution in [0.3, 0.4) is 0 Å². The van der Waals surface area contributed by atoms with E-state index in [2.05, 4.69) is 5.32 Å². The van der Waals surface area contributed by atoms with E-state index in [0.29, 0.717) is 64.4 Å². The van der Waals surface area contributed by atoms with Crippen LogP contribution in [0.5, 0.6) is 0 Å². The van der Waals surface area contributed by atoms with Crippen molar-refractivity contribution >= 4 is 34.1 Å². The summed E-state index contributed by atoms with van der Waals surface area (Å²) in [4.78, 5) is 22.3. The minimum absolute atomic E-state index is 0.187. The molecule has 0 spiro atoms. The van der Waals surface area contributed by atoms with Crippen LogP contribution in [0.25, 0.3) is 16.6 Å². The van der Waals surface area contributed by atoms with Crippen LogP contribution in [0.4, 0.5) is 13.2 Å². The lowest BCUT2D eigenvalue weighted by atomic mass is 9.93. The molecule has 3 aromatic rings. The van der Waals surface area contributed by atoms with Crippen molar-refractivity contribution in [2.45, 2.75) is 51.6 Å². The number of aryl methyl sites for hydroxylation is 1. The minimum Gasteiger partial charge on any atom is -0.368 e. The second-order valence-electron chi connectivity index (χ2n) is 9.72. The number of carbonyl (C=O) groups is 1. The highest BCUT2D eigenvalue weighted by atomic mass is 35.5. The van der Waals surface area contributed by atoms with Crippen LogP contribution in [0.15, 0.2) is 60.7 Å². The van der Waals surface area contributed by atoms with E-state index in [1.54, 1.807) is 43.3 Å². The molecular formula is C29H29ClF3N3O3. The van der Waals surface area contributed by atoms with Crippen molar-refractivity contribution in [3.8, 4) is 0 Å². The van der Waals surface area contributed by atoms with E-state index in [-0.39, 0.29) is 18.2 Å². The van der Waals surface area contributed by atoms with Crippen molar-refractivity contribution in [3.63, 3.8) is 0 Å². The van der Waals surface area contributed by atoms with Crippen molar-refractivity contribution in [1.82, 2.24) is 15.3 Å². The molecule has 0 saturated carbocycles. The largest absolute Gasteiger partial charge is 0.395 e. The molecule has 1 amide bonds. The second-order valence-corrected chi connectivity index (χ2v) is 10.2. The van der Waals surface area contributed by atoms with Gasteiger partial charge in [-0.15, -0.1) is 0 Å². The van der Waals surface area contributed by atoms with Crippen molar-refractivity contribution < 1.29 is 28.2 Å². The summed E-state index contributed by atoms with van der Waals surface area (Å²) in [6, 6.07) is 12.1. The molecule has 2 aromatic carbocycles. The molecule has 0 radical (unpaired) electrons. The maximum atomic E-state index is 13.2. The number of aliphatic hydroxyl groups excluding tert-OH is 1. The Morgan fingerprint density at radius 3 is 2.62 bits per heavy atom. The Labute approximate surface area is 229 Å². The van der Waals surface area contributed by atoms with Gasteiger partial charge in [0.15, 0.2) is 6.29 Å². The standard InChI is InChI=1S/C29H29ClF3N3O3/c1-17(28(38)39)4-2-7-24-26(19-8-11-21(12-9-19)29(31,32)33)36-23-13-10-20(15-25(23)35-24)27(37)34-16-18-5-3-6-22(30)14-18/h3,5-6,8-11,13-15,17,21,28,38-39H,2,4,7,12,16H2,1H3,(H,34,37). The number of nitrogens with one attached hydrogen (secondary N) is 1. The summed E-state index contributed by atoms with van der Waals surface area (Å²) in [6.07, 6.45) is -0.356. The van der Waals surface area contributed by atoms with Gasteiger partial charge < -0.3 is 15.5 Å². The minimum atomic E-state index is -4.32. The summed E-state index contributed by atoms with van der Waals surface area (Å²) in [6.45, 7) is 2.01. The van der Waals surface area contributed by atoms with Crippen LogP contribution < -0.4 is 5.32 Å². The maximum absolute atomic E-state index is 13.2. The molecular weight excluding hydrogens is 531 g/mol. The third-order valence-corrected chi connectivity index (χ3v) is 6.95. The number of carbonyl (C=O) groups excluding carboxylic acids is 1. The molecule has 0 bridgehead atoms. The van der Waals surface area contributed by atoms with Crippen LogP contribution in [-0.4, -0.2) is 38.6 Å². The van der Waals surface area contributed by atoms with Gasteiger partial charge in [-0.3, -0.25) is 4.79 Å². The molecule has 0 aliphatic heterocycles. The SMILES string of the molecule is CC(CCCc1nc2cc(C(=O)NCc3cccc(Cl)c3)ccc2nc1C1=CCC(C(F)(F)F)C=C1)C(O)O. The molecule has 206 valence electrons. The lowest BCUT2D eigenvalue weighted by Crippen LogP contribution is -2.22. The molecule has 6 nitrogen and oxygen atoms in total. The molecule has 0 fully saturated rings. The Morgan fingerprint density at radius 2 is 1.95 bits per heavy atom. The highest BCUT2D eigenvalue weighted by molar-refractivity contribution is 6.30. The zero-order chi connectivity index (χ0) is 28.2. The number of aliphatic hydroxyl groups is 2. The van der Waals surface area contributed by atoms with Gasteiger partial charge in [0.1, 0.15) is 0 Å². The monoisotopic (exact) mass is 559 g/mol. The Kier molecular flexibility index (Phi) is 9.04. The Bertz CT molecular complexity index is 1410. The molecule has 1 aromatic heterocycles. The first-order chi connectivity index (χ1) is 18.5. The fourth-order valence-corrected chi connectivity index (χ4v) is 4.56. The van der Waals surface area contributed by atoms with E-state index in [0.717, 1.165) is 11.6 Å².